The zero-order chi connectivity index (χ0) is 28.9. The number of phenols is 2. The zero-order valence-corrected chi connectivity index (χ0v) is 25.7. The second kappa shape index (κ2) is 12.6. The summed E-state index contributed by atoms with van der Waals surface area (Å²) in [7, 11) is 0. The van der Waals surface area contributed by atoms with Gasteiger partial charge in [0, 0.05) is 12.8 Å². The van der Waals surface area contributed by atoms with Crippen molar-refractivity contribution in [2.24, 2.45) is 0 Å². The molecule has 0 unspecified atom stereocenters. The maximum Gasteiger partial charge on any atom is 0.306 e. The van der Waals surface area contributed by atoms with E-state index in [1.807, 2.05) is 12.1 Å². The predicted molar refractivity (Wildman–Crippen MR) is 159 cm³/mol. The summed E-state index contributed by atoms with van der Waals surface area (Å²) in [6, 6.07) is 8.19. The summed E-state index contributed by atoms with van der Waals surface area (Å²) in [6.45, 7) is 21.7. The summed E-state index contributed by atoms with van der Waals surface area (Å²) in [4.78, 5) is 12.4. The van der Waals surface area contributed by atoms with Crippen molar-refractivity contribution < 1.29 is 19.7 Å². The third kappa shape index (κ3) is 8.78. The Morgan fingerprint density at radius 2 is 1.29 bits per heavy atom. The fraction of sp³-hybridized carbons (Fsp3) is 0.618. The number of ether oxygens (including phenoxy) is 1. The smallest absolute Gasteiger partial charge is 0.306 e. The van der Waals surface area contributed by atoms with E-state index in [9.17, 15) is 15.0 Å². The minimum absolute atomic E-state index is 0.0835. The van der Waals surface area contributed by atoms with Gasteiger partial charge in [0.25, 0.3) is 0 Å². The van der Waals surface area contributed by atoms with Crippen molar-refractivity contribution in [2.75, 3.05) is 6.61 Å². The first-order chi connectivity index (χ1) is 17.4. The summed E-state index contributed by atoms with van der Waals surface area (Å²) in [5, 5.41) is 22.7. The molecule has 0 fully saturated rings. The van der Waals surface area contributed by atoms with E-state index in [0.29, 0.717) is 31.6 Å². The Kier molecular flexibility index (Phi) is 10.5. The van der Waals surface area contributed by atoms with Gasteiger partial charge in [-0.2, -0.15) is 0 Å². The van der Waals surface area contributed by atoms with E-state index in [-0.39, 0.29) is 28.0 Å². The highest BCUT2D eigenvalue weighted by molar-refractivity contribution is 5.69. The fourth-order valence-electron chi connectivity index (χ4n) is 4.68. The molecule has 2 aromatic rings. The minimum Gasteiger partial charge on any atom is -0.507 e. The van der Waals surface area contributed by atoms with Gasteiger partial charge in [-0.1, -0.05) is 113 Å². The van der Waals surface area contributed by atoms with Gasteiger partial charge in [0.2, 0.25) is 0 Å². The topological polar surface area (TPSA) is 66.8 Å². The molecule has 0 saturated heterocycles. The number of rotatable bonds is 10. The van der Waals surface area contributed by atoms with Gasteiger partial charge >= 0.3 is 5.97 Å². The van der Waals surface area contributed by atoms with E-state index >= 15 is 0 Å². The van der Waals surface area contributed by atoms with Crippen LogP contribution in [-0.2, 0) is 38.6 Å². The quantitative estimate of drug-likeness (QED) is 0.241. The van der Waals surface area contributed by atoms with Gasteiger partial charge in [-0.05, 0) is 62.5 Å². The lowest BCUT2D eigenvalue weighted by atomic mass is 9.78. The lowest BCUT2D eigenvalue weighted by molar-refractivity contribution is -0.143. The van der Waals surface area contributed by atoms with Gasteiger partial charge < -0.3 is 14.9 Å². The van der Waals surface area contributed by atoms with Crippen molar-refractivity contribution in [1.82, 2.24) is 0 Å². The molecule has 0 heterocycles. The standard InChI is InChI=1S/C34H52O4/c1-11-12-13-14-17-38-29(35)16-15-23-18-24(30(36)27(19-23)33(5,6)7)20-25-21-26(32(2,3)4)22-28(31(25)37)34(8,9)10/h18-19,21-22,36-37H,11-17,20H2,1-10H3. The number of carbonyl (C=O) groups is 1. The Labute approximate surface area is 231 Å². The van der Waals surface area contributed by atoms with Crippen LogP contribution in [-0.4, -0.2) is 22.8 Å². The number of benzene rings is 2. The summed E-state index contributed by atoms with van der Waals surface area (Å²) in [5.74, 6) is 0.371. The lowest BCUT2D eigenvalue weighted by Crippen LogP contribution is -2.18. The zero-order valence-electron chi connectivity index (χ0n) is 25.7. The van der Waals surface area contributed by atoms with Gasteiger partial charge in [0.1, 0.15) is 11.5 Å². The van der Waals surface area contributed by atoms with Gasteiger partial charge in [-0.3, -0.25) is 4.79 Å². The van der Waals surface area contributed by atoms with Crippen LogP contribution >= 0.6 is 0 Å². The van der Waals surface area contributed by atoms with E-state index in [0.717, 1.165) is 59.1 Å². The van der Waals surface area contributed by atoms with Crippen LogP contribution in [0.5, 0.6) is 11.5 Å². The van der Waals surface area contributed by atoms with Crippen LogP contribution in [0.1, 0.15) is 135 Å². The molecule has 0 radical (unpaired) electrons. The predicted octanol–water partition coefficient (Wildman–Crippen LogP) is 8.64. The largest absolute Gasteiger partial charge is 0.507 e. The molecule has 212 valence electrons. The molecule has 2 rings (SSSR count). The van der Waals surface area contributed by atoms with Crippen molar-refractivity contribution >= 4 is 5.97 Å². The molecule has 4 nitrogen and oxygen atoms in total. The Bertz CT molecular complexity index is 1090. The number of carbonyl (C=O) groups excluding carboxylic acids is 1. The highest BCUT2D eigenvalue weighted by atomic mass is 16.5. The molecule has 0 atom stereocenters. The average Bonchev–Trinajstić information content (AvgIpc) is 2.78. The lowest BCUT2D eigenvalue weighted by Gasteiger charge is -2.28. The minimum atomic E-state index is -0.277. The Morgan fingerprint density at radius 3 is 1.82 bits per heavy atom. The number of unbranched alkanes of at least 4 members (excludes halogenated alkanes) is 3. The summed E-state index contributed by atoms with van der Waals surface area (Å²) in [5.41, 5.74) is 4.89. The number of aryl methyl sites for hydroxylation is 1. The van der Waals surface area contributed by atoms with Crippen LogP contribution in [0, 0.1) is 0 Å². The van der Waals surface area contributed by atoms with E-state index in [1.54, 1.807) is 0 Å². The van der Waals surface area contributed by atoms with Crippen LogP contribution in [0.4, 0.5) is 0 Å². The van der Waals surface area contributed by atoms with E-state index in [2.05, 4.69) is 81.4 Å². The molecule has 0 aliphatic carbocycles. The molecule has 0 spiro atoms. The highest BCUT2D eigenvalue weighted by Crippen LogP contribution is 2.41. The van der Waals surface area contributed by atoms with Crippen LogP contribution in [0.25, 0.3) is 0 Å². The molecule has 4 heteroatoms. The first-order valence-electron chi connectivity index (χ1n) is 14.3. The molecule has 0 amide bonds. The third-order valence-electron chi connectivity index (χ3n) is 7.18. The molecular formula is C34H52O4. The number of esters is 1. The second-order valence-corrected chi connectivity index (χ2v) is 13.9. The van der Waals surface area contributed by atoms with E-state index in [1.165, 1.54) is 0 Å². The normalized spacial score (nSPS) is 12.6. The van der Waals surface area contributed by atoms with Crippen LogP contribution < -0.4 is 0 Å². The monoisotopic (exact) mass is 524 g/mol. The highest BCUT2D eigenvalue weighted by Gasteiger charge is 2.27. The first-order valence-corrected chi connectivity index (χ1v) is 14.3. The third-order valence-corrected chi connectivity index (χ3v) is 7.18. The van der Waals surface area contributed by atoms with Crippen LogP contribution in [0.15, 0.2) is 24.3 Å². The number of aromatic hydroxyl groups is 2. The van der Waals surface area contributed by atoms with Gasteiger partial charge in [-0.15, -0.1) is 0 Å². The first kappa shape index (κ1) is 31.7. The Balaban J connectivity index is 2.42. The van der Waals surface area contributed by atoms with Crippen molar-refractivity contribution in [3.05, 3.63) is 57.6 Å². The molecule has 0 saturated carbocycles. The Morgan fingerprint density at radius 1 is 0.737 bits per heavy atom. The summed E-state index contributed by atoms with van der Waals surface area (Å²) in [6.07, 6.45) is 5.57. The van der Waals surface area contributed by atoms with Crippen molar-refractivity contribution in [1.29, 1.82) is 0 Å². The molecule has 0 aromatic heterocycles. The van der Waals surface area contributed by atoms with Crippen molar-refractivity contribution in [3.63, 3.8) is 0 Å². The summed E-state index contributed by atoms with van der Waals surface area (Å²) >= 11 is 0. The van der Waals surface area contributed by atoms with E-state index < -0.39 is 0 Å². The summed E-state index contributed by atoms with van der Waals surface area (Å²) < 4.78 is 5.44. The molecule has 38 heavy (non-hydrogen) atoms. The fourth-order valence-corrected chi connectivity index (χ4v) is 4.68. The van der Waals surface area contributed by atoms with Gasteiger partial charge in [0.15, 0.2) is 0 Å². The SMILES string of the molecule is CCCCCCOC(=O)CCc1cc(Cc2cc(C(C)(C)C)cc(C(C)(C)C)c2O)c(O)c(C(C)(C)C)c1. The molecule has 2 N–H and O–H groups in total. The molecular weight excluding hydrogens is 472 g/mol. The Hall–Kier alpha value is -2.49. The van der Waals surface area contributed by atoms with Crippen LogP contribution in [0.2, 0.25) is 0 Å². The van der Waals surface area contributed by atoms with Crippen molar-refractivity contribution in [2.45, 2.75) is 130 Å². The second-order valence-electron chi connectivity index (χ2n) is 13.9. The molecule has 0 aliphatic rings. The van der Waals surface area contributed by atoms with E-state index in [4.69, 9.17) is 4.74 Å². The number of hydrogen-bond donors (Lipinski definition) is 2. The maximum absolute atomic E-state index is 12.4. The van der Waals surface area contributed by atoms with Crippen LogP contribution in [0.3, 0.4) is 0 Å². The molecule has 2 aromatic carbocycles. The number of hydrogen-bond acceptors (Lipinski definition) is 4. The van der Waals surface area contributed by atoms with Gasteiger partial charge in [0.05, 0.1) is 6.61 Å². The van der Waals surface area contributed by atoms with Crippen molar-refractivity contribution in [3.8, 4) is 11.5 Å². The average molecular weight is 525 g/mol. The van der Waals surface area contributed by atoms with Gasteiger partial charge in [-0.25, -0.2) is 0 Å². The maximum atomic E-state index is 12.4. The molecule has 0 aliphatic heterocycles. The number of phenolic OH excluding ortho intramolecular Hbond substituents is 2. The molecule has 0 bridgehead atoms.